The molecule has 0 spiro atoms. The number of hydrogen-bond acceptors (Lipinski definition) is 9. The first kappa shape index (κ1) is 23.0. The molecule has 1 aliphatic heterocycles. The van der Waals surface area contributed by atoms with Crippen LogP contribution >= 0.6 is 0 Å². The molecule has 0 radical (unpaired) electrons. The Hall–Kier alpha value is -3.27. The molecule has 0 unspecified atom stereocenters. The third-order valence-electron chi connectivity index (χ3n) is 4.02. The molecule has 10 nitrogen and oxygen atoms in total. The van der Waals surface area contributed by atoms with Crippen molar-refractivity contribution in [1.29, 1.82) is 0 Å². The molecule has 1 aliphatic rings. The van der Waals surface area contributed by atoms with Crippen LogP contribution in [0.2, 0.25) is 0 Å². The first-order chi connectivity index (χ1) is 14.1. The normalized spacial score (nSPS) is 13.9. The highest BCUT2D eigenvalue weighted by Crippen LogP contribution is 2.17. The third kappa shape index (κ3) is 6.66. The van der Waals surface area contributed by atoms with Crippen molar-refractivity contribution >= 4 is 29.5 Å². The van der Waals surface area contributed by atoms with Crippen LogP contribution in [0.25, 0.3) is 0 Å². The first-order valence-electron chi connectivity index (χ1n) is 9.30. The maximum atomic E-state index is 11.9. The fourth-order valence-corrected chi connectivity index (χ4v) is 2.45. The minimum atomic E-state index is -1.47. The molecule has 1 N–H and O–H groups in total. The van der Waals surface area contributed by atoms with E-state index in [-0.39, 0.29) is 38.9 Å². The van der Waals surface area contributed by atoms with Crippen LogP contribution in [0.1, 0.15) is 49.9 Å². The monoisotopic (exact) mass is 421 g/mol. The number of nitrogens with zero attached hydrogens (tertiary/aromatic N) is 1. The molecule has 162 valence electrons. The van der Waals surface area contributed by atoms with Crippen LogP contribution in [0.5, 0.6) is 5.75 Å². The second-order valence-corrected chi connectivity index (χ2v) is 7.03. The summed E-state index contributed by atoms with van der Waals surface area (Å²) in [5.41, 5.74) is -1.13. The Morgan fingerprint density at radius 3 is 2.10 bits per heavy atom. The Bertz CT molecular complexity index is 808. The van der Waals surface area contributed by atoms with Gasteiger partial charge in [-0.25, -0.2) is 4.79 Å². The Morgan fingerprint density at radius 1 is 0.967 bits per heavy atom. The minimum absolute atomic E-state index is 0.00733. The lowest BCUT2D eigenvalue weighted by atomic mass is 9.97. The molecule has 30 heavy (non-hydrogen) atoms. The van der Waals surface area contributed by atoms with Crippen molar-refractivity contribution in [3.8, 4) is 5.75 Å². The zero-order chi connectivity index (χ0) is 22.3. The van der Waals surface area contributed by atoms with Crippen LogP contribution in [0.15, 0.2) is 24.3 Å². The molecule has 1 fully saturated rings. The van der Waals surface area contributed by atoms with Crippen molar-refractivity contribution in [1.82, 2.24) is 5.06 Å². The number of aliphatic hydroxyl groups is 1. The van der Waals surface area contributed by atoms with Crippen molar-refractivity contribution < 1.29 is 43.4 Å². The van der Waals surface area contributed by atoms with Gasteiger partial charge in [-0.15, -0.1) is 5.06 Å². The van der Waals surface area contributed by atoms with Gasteiger partial charge in [-0.2, -0.15) is 0 Å². The summed E-state index contributed by atoms with van der Waals surface area (Å²) in [4.78, 5) is 62.5. The van der Waals surface area contributed by atoms with Gasteiger partial charge in [-0.1, -0.05) is 0 Å². The second kappa shape index (κ2) is 9.97. The number of ether oxygens (including phenoxy) is 2. The lowest BCUT2D eigenvalue weighted by Crippen LogP contribution is -2.32. The van der Waals surface area contributed by atoms with E-state index in [4.69, 9.17) is 9.47 Å². The standard InChI is InChI=1S/C20H23NO9/c1-20(2,27)19(26)13-3-5-14(6-4-13)28-11-12-29-17(24)9-10-18(25)30-21-15(22)7-8-16(21)23/h3-6,27H,7-12H2,1-2H3. The molecule has 10 heteroatoms. The topological polar surface area (TPSA) is 137 Å². The summed E-state index contributed by atoms with van der Waals surface area (Å²) < 4.78 is 10.3. The van der Waals surface area contributed by atoms with E-state index < -0.39 is 35.1 Å². The number of rotatable bonds is 10. The maximum Gasteiger partial charge on any atom is 0.333 e. The van der Waals surface area contributed by atoms with Gasteiger partial charge in [0, 0.05) is 18.4 Å². The zero-order valence-corrected chi connectivity index (χ0v) is 16.7. The highest BCUT2D eigenvalue weighted by Gasteiger charge is 2.32. The van der Waals surface area contributed by atoms with Gasteiger partial charge in [-0.3, -0.25) is 19.2 Å². The number of benzene rings is 1. The first-order valence-corrected chi connectivity index (χ1v) is 9.30. The maximum absolute atomic E-state index is 11.9. The van der Waals surface area contributed by atoms with E-state index in [2.05, 4.69) is 4.84 Å². The van der Waals surface area contributed by atoms with E-state index in [1.54, 1.807) is 12.1 Å². The number of carbonyl (C=O) groups excluding carboxylic acids is 5. The van der Waals surface area contributed by atoms with Crippen LogP contribution in [0, 0.1) is 0 Å². The van der Waals surface area contributed by atoms with Crippen LogP contribution in [-0.2, 0) is 28.8 Å². The Labute approximate surface area is 172 Å². The average Bonchev–Trinajstić information content (AvgIpc) is 3.01. The summed E-state index contributed by atoms with van der Waals surface area (Å²) in [7, 11) is 0. The molecule has 1 heterocycles. The lowest BCUT2D eigenvalue weighted by molar-refractivity contribution is -0.197. The van der Waals surface area contributed by atoms with Crippen molar-refractivity contribution in [3.05, 3.63) is 29.8 Å². The fourth-order valence-electron chi connectivity index (χ4n) is 2.45. The van der Waals surface area contributed by atoms with Gasteiger partial charge < -0.3 is 19.4 Å². The third-order valence-corrected chi connectivity index (χ3v) is 4.02. The number of carbonyl (C=O) groups is 5. The average molecular weight is 421 g/mol. The van der Waals surface area contributed by atoms with Gasteiger partial charge in [0.2, 0.25) is 0 Å². The lowest BCUT2D eigenvalue weighted by Gasteiger charge is -2.15. The van der Waals surface area contributed by atoms with E-state index in [9.17, 15) is 29.1 Å². The van der Waals surface area contributed by atoms with Crippen molar-refractivity contribution in [2.75, 3.05) is 13.2 Å². The summed E-state index contributed by atoms with van der Waals surface area (Å²) in [6, 6.07) is 6.14. The van der Waals surface area contributed by atoms with Crippen molar-refractivity contribution in [3.63, 3.8) is 0 Å². The smallest absolute Gasteiger partial charge is 0.333 e. The number of hydrogen-bond donors (Lipinski definition) is 1. The van der Waals surface area contributed by atoms with Crippen LogP contribution < -0.4 is 4.74 Å². The van der Waals surface area contributed by atoms with Gasteiger partial charge in [-0.05, 0) is 38.1 Å². The van der Waals surface area contributed by atoms with E-state index in [1.807, 2.05) is 0 Å². The molecule has 2 rings (SSSR count). The summed E-state index contributed by atoms with van der Waals surface area (Å²) in [5, 5.41) is 10.1. The number of imide groups is 1. The summed E-state index contributed by atoms with van der Waals surface area (Å²) >= 11 is 0. The van der Waals surface area contributed by atoms with Crippen LogP contribution in [0.4, 0.5) is 0 Å². The quantitative estimate of drug-likeness (QED) is 0.253. The molecule has 0 saturated carbocycles. The van der Waals surface area contributed by atoms with Crippen molar-refractivity contribution in [2.45, 2.75) is 45.1 Å². The largest absolute Gasteiger partial charge is 0.490 e. The molecule has 0 atom stereocenters. The molecule has 0 aliphatic carbocycles. The Kier molecular flexibility index (Phi) is 7.65. The van der Waals surface area contributed by atoms with Crippen molar-refractivity contribution in [2.24, 2.45) is 0 Å². The minimum Gasteiger partial charge on any atom is -0.490 e. The molecule has 0 aromatic heterocycles. The number of esters is 1. The Morgan fingerprint density at radius 2 is 1.53 bits per heavy atom. The Balaban J connectivity index is 1.64. The highest BCUT2D eigenvalue weighted by atomic mass is 16.7. The molecule has 1 saturated heterocycles. The predicted octanol–water partition coefficient (Wildman–Crippen LogP) is 0.950. The van der Waals surface area contributed by atoms with E-state index in [0.29, 0.717) is 16.4 Å². The van der Waals surface area contributed by atoms with Gasteiger partial charge in [0.05, 0.1) is 12.8 Å². The molecule has 0 bridgehead atoms. The number of hydroxylamine groups is 2. The highest BCUT2D eigenvalue weighted by molar-refractivity contribution is 6.02. The summed E-state index contributed by atoms with van der Waals surface area (Å²) in [5.74, 6) is -2.70. The number of Topliss-reactive ketones (excluding diaryl/α,β-unsaturated/α-hetero) is 1. The molecular formula is C20H23NO9. The number of amides is 2. The zero-order valence-electron chi connectivity index (χ0n) is 16.7. The van der Waals surface area contributed by atoms with E-state index in [0.717, 1.165) is 0 Å². The predicted molar refractivity (Wildman–Crippen MR) is 99.9 cm³/mol. The van der Waals surface area contributed by atoms with E-state index in [1.165, 1.54) is 26.0 Å². The van der Waals surface area contributed by atoms with E-state index >= 15 is 0 Å². The van der Waals surface area contributed by atoms with Gasteiger partial charge in [0.25, 0.3) is 11.8 Å². The molecule has 1 aromatic rings. The number of ketones is 1. The fraction of sp³-hybridized carbons (Fsp3) is 0.450. The summed E-state index contributed by atoms with van der Waals surface area (Å²) in [6.07, 6.45) is -0.629. The van der Waals surface area contributed by atoms with Gasteiger partial charge in [0.1, 0.15) is 24.6 Å². The SMILES string of the molecule is CC(C)(O)C(=O)c1ccc(OCCOC(=O)CCC(=O)ON2C(=O)CCC2=O)cc1. The second-order valence-electron chi connectivity index (χ2n) is 7.03. The van der Waals surface area contributed by atoms with Gasteiger partial charge >= 0.3 is 11.9 Å². The molecule has 1 aromatic carbocycles. The van der Waals surface area contributed by atoms with Crippen LogP contribution in [0.3, 0.4) is 0 Å². The summed E-state index contributed by atoms with van der Waals surface area (Å²) in [6.45, 7) is 2.78. The molecular weight excluding hydrogens is 398 g/mol. The molecule has 2 amide bonds. The van der Waals surface area contributed by atoms with Crippen LogP contribution in [-0.4, -0.2) is 58.5 Å². The van der Waals surface area contributed by atoms with Gasteiger partial charge in [0.15, 0.2) is 5.78 Å².